The summed E-state index contributed by atoms with van der Waals surface area (Å²) in [5.74, 6) is -0.867. The fourth-order valence-electron chi connectivity index (χ4n) is 1.73. The van der Waals surface area contributed by atoms with Gasteiger partial charge in [0.15, 0.2) is 0 Å². The molecule has 2 N–H and O–H groups in total. The number of aryl methyl sites for hydroxylation is 1. The van der Waals surface area contributed by atoms with Gasteiger partial charge in [-0.05, 0) is 40.5 Å². The number of H-pyrrole nitrogens is 1. The van der Waals surface area contributed by atoms with Crippen LogP contribution in [0.3, 0.4) is 0 Å². The van der Waals surface area contributed by atoms with Crippen molar-refractivity contribution in [3.05, 3.63) is 31.8 Å². The summed E-state index contributed by atoms with van der Waals surface area (Å²) in [5.41, 5.74) is -0.489. The third kappa shape index (κ3) is 3.33. The van der Waals surface area contributed by atoms with Gasteiger partial charge in [-0.1, -0.05) is 0 Å². The molecule has 1 rings (SSSR count). The van der Waals surface area contributed by atoms with Gasteiger partial charge in [-0.25, -0.2) is 0 Å². The van der Waals surface area contributed by atoms with Gasteiger partial charge >= 0.3 is 5.97 Å². The standard InChI is InChI=1S/C13H20N2O4/c1-8-9(2)11(17)15(14-10(8)16)7-5-6-13(3,4)12(18)19/h5-7H2,1-4H3,(H,14,16)(H,18,19). The van der Waals surface area contributed by atoms with E-state index in [1.165, 1.54) is 4.68 Å². The molecule has 0 radical (unpaired) electrons. The predicted octanol–water partition coefficient (Wildman–Crippen LogP) is 1.04. The second-order valence-corrected chi connectivity index (χ2v) is 5.44. The van der Waals surface area contributed by atoms with E-state index in [9.17, 15) is 14.4 Å². The molecule has 0 aliphatic carbocycles. The van der Waals surface area contributed by atoms with Crippen molar-refractivity contribution >= 4 is 5.97 Å². The number of aliphatic carboxylic acids is 1. The highest BCUT2D eigenvalue weighted by Crippen LogP contribution is 2.22. The van der Waals surface area contributed by atoms with Crippen LogP contribution in [0.1, 0.15) is 37.8 Å². The van der Waals surface area contributed by atoms with Crippen molar-refractivity contribution < 1.29 is 9.90 Å². The summed E-state index contributed by atoms with van der Waals surface area (Å²) in [7, 11) is 0. The quantitative estimate of drug-likeness (QED) is 0.834. The van der Waals surface area contributed by atoms with Crippen LogP contribution >= 0.6 is 0 Å². The van der Waals surface area contributed by atoms with Gasteiger partial charge in [0.1, 0.15) is 0 Å². The van der Waals surface area contributed by atoms with E-state index in [2.05, 4.69) is 5.10 Å². The average Bonchev–Trinajstić information content (AvgIpc) is 2.32. The fraction of sp³-hybridized carbons (Fsp3) is 0.615. The molecule has 0 aliphatic rings. The summed E-state index contributed by atoms with van der Waals surface area (Å²) in [6.07, 6.45) is 0.946. The van der Waals surface area contributed by atoms with Gasteiger partial charge in [0.2, 0.25) is 0 Å². The molecule has 0 saturated carbocycles. The molecule has 106 valence electrons. The molecule has 0 bridgehead atoms. The molecule has 1 aromatic heterocycles. The van der Waals surface area contributed by atoms with Crippen molar-refractivity contribution in [3.8, 4) is 0 Å². The summed E-state index contributed by atoms with van der Waals surface area (Å²) in [6.45, 7) is 6.81. The van der Waals surface area contributed by atoms with E-state index in [0.29, 0.717) is 30.5 Å². The Morgan fingerprint density at radius 2 is 1.84 bits per heavy atom. The Bertz CT molecular complexity index is 596. The molecular weight excluding hydrogens is 248 g/mol. The number of nitrogens with zero attached hydrogens (tertiary/aromatic N) is 1. The van der Waals surface area contributed by atoms with Crippen LogP contribution < -0.4 is 11.1 Å². The molecule has 0 saturated heterocycles. The highest BCUT2D eigenvalue weighted by atomic mass is 16.4. The molecule has 0 amide bonds. The first-order chi connectivity index (χ1) is 8.66. The molecule has 19 heavy (non-hydrogen) atoms. The number of carbonyl (C=O) groups is 1. The first-order valence-electron chi connectivity index (χ1n) is 6.20. The molecule has 0 aromatic carbocycles. The second-order valence-electron chi connectivity index (χ2n) is 5.44. The van der Waals surface area contributed by atoms with E-state index >= 15 is 0 Å². The lowest BCUT2D eigenvalue weighted by Gasteiger charge is -2.18. The first-order valence-corrected chi connectivity index (χ1v) is 6.20. The number of aromatic nitrogens is 2. The lowest BCUT2D eigenvalue weighted by molar-refractivity contribution is -0.147. The van der Waals surface area contributed by atoms with Gasteiger partial charge < -0.3 is 5.11 Å². The van der Waals surface area contributed by atoms with Crippen LogP contribution in [0.25, 0.3) is 0 Å². The highest BCUT2D eigenvalue weighted by molar-refractivity contribution is 5.73. The maximum atomic E-state index is 11.9. The minimum Gasteiger partial charge on any atom is -0.481 e. The van der Waals surface area contributed by atoms with E-state index in [1.54, 1.807) is 27.7 Å². The second kappa shape index (κ2) is 5.42. The minimum atomic E-state index is -0.867. The Labute approximate surface area is 111 Å². The Balaban J connectivity index is 2.84. The number of rotatable bonds is 5. The van der Waals surface area contributed by atoms with E-state index < -0.39 is 11.4 Å². The molecule has 1 aromatic rings. The molecule has 6 heteroatoms. The topological polar surface area (TPSA) is 92.2 Å². The number of nitrogens with one attached hydrogen (secondary N) is 1. The number of carboxylic acid groups (broad SMARTS) is 1. The van der Waals surface area contributed by atoms with Gasteiger partial charge in [0.05, 0.1) is 5.41 Å². The van der Waals surface area contributed by atoms with Crippen molar-refractivity contribution in [2.45, 2.75) is 47.1 Å². The van der Waals surface area contributed by atoms with Crippen LogP contribution in [0.15, 0.2) is 9.59 Å². The molecule has 6 nitrogen and oxygen atoms in total. The third-order valence-corrected chi connectivity index (χ3v) is 3.47. The van der Waals surface area contributed by atoms with Crippen molar-refractivity contribution in [2.75, 3.05) is 0 Å². The monoisotopic (exact) mass is 268 g/mol. The first kappa shape index (κ1) is 15.2. The van der Waals surface area contributed by atoms with Crippen molar-refractivity contribution in [1.82, 2.24) is 9.78 Å². The Morgan fingerprint density at radius 3 is 2.37 bits per heavy atom. The minimum absolute atomic E-state index is 0.231. The maximum Gasteiger partial charge on any atom is 0.309 e. The summed E-state index contributed by atoms with van der Waals surface area (Å²) in [4.78, 5) is 34.4. The summed E-state index contributed by atoms with van der Waals surface area (Å²) < 4.78 is 1.25. The lowest BCUT2D eigenvalue weighted by Crippen LogP contribution is -2.34. The molecule has 0 atom stereocenters. The van der Waals surface area contributed by atoms with Crippen LogP contribution in [-0.2, 0) is 11.3 Å². The van der Waals surface area contributed by atoms with Crippen molar-refractivity contribution in [3.63, 3.8) is 0 Å². The van der Waals surface area contributed by atoms with E-state index in [4.69, 9.17) is 5.11 Å². The molecular formula is C13H20N2O4. The normalized spacial score (nSPS) is 11.6. The van der Waals surface area contributed by atoms with E-state index in [1.807, 2.05) is 0 Å². The third-order valence-electron chi connectivity index (χ3n) is 3.47. The van der Waals surface area contributed by atoms with Gasteiger partial charge in [0.25, 0.3) is 11.1 Å². The van der Waals surface area contributed by atoms with Crippen molar-refractivity contribution in [2.24, 2.45) is 5.41 Å². The average molecular weight is 268 g/mol. The maximum absolute atomic E-state index is 11.9. The van der Waals surface area contributed by atoms with E-state index in [-0.39, 0.29) is 11.1 Å². The summed E-state index contributed by atoms with van der Waals surface area (Å²) in [5, 5.41) is 11.5. The van der Waals surface area contributed by atoms with Gasteiger partial charge in [-0.2, -0.15) is 0 Å². The van der Waals surface area contributed by atoms with Gasteiger partial charge in [0, 0.05) is 17.7 Å². The van der Waals surface area contributed by atoms with Crippen molar-refractivity contribution in [1.29, 1.82) is 0 Å². The summed E-state index contributed by atoms with van der Waals surface area (Å²) >= 11 is 0. The van der Waals surface area contributed by atoms with Crippen LogP contribution in [0, 0.1) is 19.3 Å². The fourth-order valence-corrected chi connectivity index (χ4v) is 1.73. The van der Waals surface area contributed by atoms with Crippen LogP contribution in [0.2, 0.25) is 0 Å². The zero-order valence-corrected chi connectivity index (χ0v) is 11.7. The number of aromatic amines is 1. The number of carboxylic acids is 1. The molecule has 0 unspecified atom stereocenters. The Hall–Kier alpha value is -1.85. The smallest absolute Gasteiger partial charge is 0.309 e. The molecule has 0 spiro atoms. The predicted molar refractivity (Wildman–Crippen MR) is 71.4 cm³/mol. The zero-order valence-electron chi connectivity index (χ0n) is 11.7. The van der Waals surface area contributed by atoms with Crippen LogP contribution in [-0.4, -0.2) is 20.9 Å². The molecule has 0 fully saturated rings. The largest absolute Gasteiger partial charge is 0.481 e. The van der Waals surface area contributed by atoms with E-state index in [0.717, 1.165) is 0 Å². The molecule has 1 heterocycles. The number of hydrogen-bond donors (Lipinski definition) is 2. The SMILES string of the molecule is Cc1c(C)c(=O)n(CCCC(C)(C)C(=O)O)[nH]c1=O. The van der Waals surface area contributed by atoms with Gasteiger partial charge in [-0.3, -0.25) is 24.2 Å². The lowest BCUT2D eigenvalue weighted by atomic mass is 9.88. The van der Waals surface area contributed by atoms with Gasteiger partial charge in [-0.15, -0.1) is 0 Å². The Kier molecular flexibility index (Phi) is 4.34. The summed E-state index contributed by atoms with van der Waals surface area (Å²) in [6, 6.07) is 0. The Morgan fingerprint density at radius 1 is 1.26 bits per heavy atom. The highest BCUT2D eigenvalue weighted by Gasteiger charge is 2.26. The zero-order chi connectivity index (χ0) is 14.8. The molecule has 0 aliphatic heterocycles. The number of hydrogen-bond acceptors (Lipinski definition) is 3. The van der Waals surface area contributed by atoms with Crippen LogP contribution in [0.5, 0.6) is 0 Å². The van der Waals surface area contributed by atoms with Crippen LogP contribution in [0.4, 0.5) is 0 Å².